The standard InChI is InChI=1S/C13H12BrClS/c1-8-7-11(15)9(2)6-10(8)13(14)12-4-3-5-16-12/h3-7,13H,1-2H3. The molecule has 0 spiro atoms. The highest BCUT2D eigenvalue weighted by Crippen LogP contribution is 2.37. The number of hydrogen-bond acceptors (Lipinski definition) is 1. The maximum atomic E-state index is 6.10. The highest BCUT2D eigenvalue weighted by atomic mass is 79.9. The molecule has 1 aromatic carbocycles. The molecule has 0 bridgehead atoms. The van der Waals surface area contributed by atoms with E-state index in [0.717, 1.165) is 10.6 Å². The summed E-state index contributed by atoms with van der Waals surface area (Å²) in [6.07, 6.45) is 0. The van der Waals surface area contributed by atoms with Gasteiger partial charge in [0.15, 0.2) is 0 Å². The van der Waals surface area contributed by atoms with Crippen molar-refractivity contribution in [3.05, 3.63) is 56.2 Å². The molecule has 1 aromatic heterocycles. The molecule has 1 unspecified atom stereocenters. The fourth-order valence-corrected chi connectivity index (χ4v) is 3.57. The van der Waals surface area contributed by atoms with Crippen LogP contribution in [-0.4, -0.2) is 0 Å². The summed E-state index contributed by atoms with van der Waals surface area (Å²) in [7, 11) is 0. The molecular weight excluding hydrogens is 304 g/mol. The van der Waals surface area contributed by atoms with Crippen molar-refractivity contribution < 1.29 is 0 Å². The Kier molecular flexibility index (Phi) is 3.73. The first-order valence-corrected chi connectivity index (χ1v) is 7.21. The summed E-state index contributed by atoms with van der Waals surface area (Å²) in [5.41, 5.74) is 3.65. The van der Waals surface area contributed by atoms with Crippen LogP contribution >= 0.6 is 38.9 Å². The van der Waals surface area contributed by atoms with E-state index in [1.165, 1.54) is 16.0 Å². The molecule has 0 amide bonds. The Hall–Kier alpha value is -0.310. The second kappa shape index (κ2) is 4.91. The van der Waals surface area contributed by atoms with Crippen LogP contribution < -0.4 is 0 Å². The summed E-state index contributed by atoms with van der Waals surface area (Å²) >= 11 is 11.6. The second-order valence-electron chi connectivity index (χ2n) is 3.84. The highest BCUT2D eigenvalue weighted by molar-refractivity contribution is 9.09. The molecule has 1 heterocycles. The third-order valence-electron chi connectivity index (χ3n) is 2.61. The SMILES string of the molecule is Cc1cc(C(Br)c2cccs2)c(C)cc1Cl. The van der Waals surface area contributed by atoms with Crippen molar-refractivity contribution in [3.63, 3.8) is 0 Å². The van der Waals surface area contributed by atoms with Gasteiger partial charge >= 0.3 is 0 Å². The minimum atomic E-state index is 0.267. The van der Waals surface area contributed by atoms with Gasteiger partial charge in [-0.15, -0.1) is 11.3 Å². The number of thiophene rings is 1. The van der Waals surface area contributed by atoms with Crippen LogP contribution in [0, 0.1) is 13.8 Å². The largest absolute Gasteiger partial charge is 0.147 e. The van der Waals surface area contributed by atoms with Gasteiger partial charge < -0.3 is 0 Å². The van der Waals surface area contributed by atoms with Crippen molar-refractivity contribution >= 4 is 38.9 Å². The fourth-order valence-electron chi connectivity index (χ4n) is 1.67. The first-order chi connectivity index (χ1) is 7.59. The predicted octanol–water partition coefficient (Wildman–Crippen LogP) is 5.50. The molecule has 0 aliphatic rings. The van der Waals surface area contributed by atoms with Gasteiger partial charge in [0.2, 0.25) is 0 Å². The van der Waals surface area contributed by atoms with Gasteiger partial charge in [-0.25, -0.2) is 0 Å². The molecular formula is C13H12BrClS. The Morgan fingerprint density at radius 1 is 1.25 bits per heavy atom. The van der Waals surface area contributed by atoms with E-state index in [1.54, 1.807) is 11.3 Å². The smallest absolute Gasteiger partial charge is 0.0740 e. The van der Waals surface area contributed by atoms with Crippen molar-refractivity contribution in [3.8, 4) is 0 Å². The molecule has 1 atom stereocenters. The van der Waals surface area contributed by atoms with Gasteiger partial charge in [-0.05, 0) is 48.1 Å². The maximum absolute atomic E-state index is 6.10. The highest BCUT2D eigenvalue weighted by Gasteiger charge is 2.14. The van der Waals surface area contributed by atoms with Crippen LogP contribution in [0.2, 0.25) is 5.02 Å². The molecule has 0 radical (unpaired) electrons. The van der Waals surface area contributed by atoms with Crippen LogP contribution in [0.25, 0.3) is 0 Å². The lowest BCUT2D eigenvalue weighted by atomic mass is 10.0. The van der Waals surface area contributed by atoms with Crippen LogP contribution in [0.5, 0.6) is 0 Å². The van der Waals surface area contributed by atoms with E-state index in [-0.39, 0.29) is 4.83 Å². The average molecular weight is 316 g/mol. The van der Waals surface area contributed by atoms with Gasteiger partial charge in [0.1, 0.15) is 0 Å². The van der Waals surface area contributed by atoms with E-state index >= 15 is 0 Å². The van der Waals surface area contributed by atoms with E-state index < -0.39 is 0 Å². The lowest BCUT2D eigenvalue weighted by molar-refractivity contribution is 1.16. The topological polar surface area (TPSA) is 0 Å². The minimum absolute atomic E-state index is 0.267. The number of rotatable bonds is 2. The zero-order valence-corrected chi connectivity index (χ0v) is 12.3. The quantitative estimate of drug-likeness (QED) is 0.642. The number of benzene rings is 1. The van der Waals surface area contributed by atoms with Gasteiger partial charge in [-0.2, -0.15) is 0 Å². The molecule has 84 valence electrons. The molecule has 0 N–H and O–H groups in total. The molecule has 0 saturated carbocycles. The zero-order chi connectivity index (χ0) is 11.7. The lowest BCUT2D eigenvalue weighted by Gasteiger charge is -2.13. The third kappa shape index (κ3) is 2.34. The van der Waals surface area contributed by atoms with Crippen molar-refractivity contribution in [2.24, 2.45) is 0 Å². The molecule has 16 heavy (non-hydrogen) atoms. The van der Waals surface area contributed by atoms with Crippen LogP contribution in [0.1, 0.15) is 26.4 Å². The fraction of sp³-hybridized carbons (Fsp3) is 0.231. The average Bonchev–Trinajstić information content (AvgIpc) is 2.75. The Morgan fingerprint density at radius 2 is 2.00 bits per heavy atom. The van der Waals surface area contributed by atoms with Gasteiger partial charge in [-0.1, -0.05) is 39.7 Å². The van der Waals surface area contributed by atoms with Crippen molar-refractivity contribution in [1.29, 1.82) is 0 Å². The molecule has 0 nitrogen and oxygen atoms in total. The lowest BCUT2D eigenvalue weighted by Crippen LogP contribution is -1.95. The zero-order valence-electron chi connectivity index (χ0n) is 9.13. The van der Waals surface area contributed by atoms with Crippen LogP contribution in [-0.2, 0) is 0 Å². The van der Waals surface area contributed by atoms with E-state index in [1.807, 2.05) is 13.0 Å². The number of aryl methyl sites for hydroxylation is 2. The summed E-state index contributed by atoms with van der Waals surface area (Å²) in [6.45, 7) is 4.14. The summed E-state index contributed by atoms with van der Waals surface area (Å²) in [5, 5.41) is 2.94. The molecule has 0 aliphatic heterocycles. The Balaban J connectivity index is 2.44. The molecule has 0 saturated heterocycles. The summed E-state index contributed by atoms with van der Waals surface area (Å²) in [4.78, 5) is 1.59. The van der Waals surface area contributed by atoms with E-state index in [4.69, 9.17) is 11.6 Å². The number of alkyl halides is 1. The predicted molar refractivity (Wildman–Crippen MR) is 76.0 cm³/mol. The van der Waals surface area contributed by atoms with Crippen molar-refractivity contribution in [2.75, 3.05) is 0 Å². The van der Waals surface area contributed by atoms with E-state index in [2.05, 4.69) is 46.4 Å². The second-order valence-corrected chi connectivity index (χ2v) is 6.14. The molecule has 0 aliphatic carbocycles. The first kappa shape index (κ1) is 12.2. The minimum Gasteiger partial charge on any atom is -0.147 e. The molecule has 0 fully saturated rings. The number of halogens is 2. The van der Waals surface area contributed by atoms with Crippen molar-refractivity contribution in [2.45, 2.75) is 18.7 Å². The summed E-state index contributed by atoms with van der Waals surface area (Å²) in [6, 6.07) is 8.42. The van der Waals surface area contributed by atoms with Crippen LogP contribution in [0.3, 0.4) is 0 Å². The Labute approximate surface area is 113 Å². The number of hydrogen-bond donors (Lipinski definition) is 0. The molecule has 2 aromatic rings. The van der Waals surface area contributed by atoms with Crippen LogP contribution in [0.15, 0.2) is 29.6 Å². The normalized spacial score (nSPS) is 12.8. The third-order valence-corrected chi connectivity index (χ3v) is 5.25. The van der Waals surface area contributed by atoms with Crippen molar-refractivity contribution in [1.82, 2.24) is 0 Å². The Bertz CT molecular complexity index is 491. The van der Waals surface area contributed by atoms with Gasteiger partial charge in [0.05, 0.1) is 4.83 Å². The summed E-state index contributed by atoms with van der Waals surface area (Å²) < 4.78 is 0. The Morgan fingerprint density at radius 3 is 2.62 bits per heavy atom. The van der Waals surface area contributed by atoms with Gasteiger partial charge in [0.25, 0.3) is 0 Å². The monoisotopic (exact) mass is 314 g/mol. The van der Waals surface area contributed by atoms with E-state index in [0.29, 0.717) is 0 Å². The van der Waals surface area contributed by atoms with Crippen LogP contribution in [0.4, 0.5) is 0 Å². The molecule has 3 heteroatoms. The maximum Gasteiger partial charge on any atom is 0.0740 e. The van der Waals surface area contributed by atoms with Gasteiger partial charge in [-0.3, -0.25) is 0 Å². The first-order valence-electron chi connectivity index (χ1n) is 5.03. The van der Waals surface area contributed by atoms with Gasteiger partial charge in [0, 0.05) is 9.90 Å². The summed E-state index contributed by atoms with van der Waals surface area (Å²) in [5.74, 6) is 0. The molecule has 2 rings (SSSR count). The van der Waals surface area contributed by atoms with E-state index in [9.17, 15) is 0 Å².